The first-order valence-corrected chi connectivity index (χ1v) is 4.50. The van der Waals surface area contributed by atoms with Gasteiger partial charge in [-0.3, -0.25) is 0 Å². The summed E-state index contributed by atoms with van der Waals surface area (Å²) in [5, 5.41) is 0. The summed E-state index contributed by atoms with van der Waals surface area (Å²) in [6.07, 6.45) is 3.62. The molecule has 13 heavy (non-hydrogen) atoms. The monoisotopic (exact) mass is 236 g/mol. The van der Waals surface area contributed by atoms with Crippen LogP contribution in [0.5, 0.6) is 0 Å². The van der Waals surface area contributed by atoms with Crippen molar-refractivity contribution in [1.29, 1.82) is 0 Å². The molecule has 1 rings (SSSR count). The number of rotatable bonds is 3. The maximum atomic E-state index is 5.17. The molecule has 0 unspecified atom stereocenters. The standard InChI is InChI=1S/C10H14S.Cu.Li.H/c1-2-3-6-9-7-4-5-8-10(9)11;;;/h4-5,7-8,11H,2-3,6H2,1H3;;;/q;2*+1;-1/p-1. The Hall–Kier alpha value is 0.557. The van der Waals surface area contributed by atoms with Crippen molar-refractivity contribution in [2.75, 3.05) is 0 Å². The average Bonchev–Trinajstić information content (AvgIpc) is 2.03. The first kappa shape index (κ1) is 16.0. The largest absolute Gasteiger partial charge is 1.00 e. The van der Waals surface area contributed by atoms with E-state index in [0.717, 1.165) is 11.3 Å². The first-order chi connectivity index (χ1) is 5.34. The Morgan fingerprint density at radius 1 is 1.31 bits per heavy atom. The van der Waals surface area contributed by atoms with Crippen LogP contribution in [0.15, 0.2) is 29.2 Å². The van der Waals surface area contributed by atoms with Gasteiger partial charge in [0, 0.05) is 0 Å². The van der Waals surface area contributed by atoms with Gasteiger partial charge in [-0.2, -0.15) is 4.90 Å². The Balaban J connectivity index is -0.000000403. The van der Waals surface area contributed by atoms with Crippen LogP contribution in [0, 0.1) is 0 Å². The number of hydrogen-bond acceptors (Lipinski definition) is 1. The minimum Gasteiger partial charge on any atom is -1.00 e. The Labute approximate surface area is 110 Å². The molecule has 0 spiro atoms. The normalized spacial score (nSPS) is 8.38. The summed E-state index contributed by atoms with van der Waals surface area (Å²) >= 11 is 5.17. The molecule has 72 valence electrons. The van der Waals surface area contributed by atoms with Crippen molar-refractivity contribution in [3.05, 3.63) is 29.8 Å². The van der Waals surface area contributed by atoms with Gasteiger partial charge in [0.05, 0.1) is 0 Å². The van der Waals surface area contributed by atoms with Gasteiger partial charge in [0.15, 0.2) is 0 Å². The van der Waals surface area contributed by atoms with Crippen molar-refractivity contribution in [1.82, 2.24) is 0 Å². The topological polar surface area (TPSA) is 0 Å². The molecular formula is C10H14CuLiS. The second-order valence-electron chi connectivity index (χ2n) is 2.71. The molecule has 0 aromatic heterocycles. The molecule has 0 aliphatic carbocycles. The third-order valence-electron chi connectivity index (χ3n) is 1.77. The third-order valence-corrected chi connectivity index (χ3v) is 2.17. The van der Waals surface area contributed by atoms with Crippen molar-refractivity contribution in [2.45, 2.75) is 31.1 Å². The molecular weight excluding hydrogens is 223 g/mol. The predicted molar refractivity (Wildman–Crippen MR) is 51.8 cm³/mol. The van der Waals surface area contributed by atoms with Gasteiger partial charge in [0.25, 0.3) is 0 Å². The molecule has 0 nitrogen and oxygen atoms in total. The molecule has 1 aromatic carbocycles. The maximum absolute atomic E-state index is 5.17. The molecule has 0 radical (unpaired) electrons. The van der Waals surface area contributed by atoms with Crippen LogP contribution in [0.1, 0.15) is 26.8 Å². The summed E-state index contributed by atoms with van der Waals surface area (Å²) in [5.41, 5.74) is 1.32. The Morgan fingerprint density at radius 2 is 1.92 bits per heavy atom. The van der Waals surface area contributed by atoms with Crippen molar-refractivity contribution in [3.8, 4) is 0 Å². The fraction of sp³-hybridized carbons (Fsp3) is 0.400. The van der Waals surface area contributed by atoms with Gasteiger partial charge in [-0.15, -0.1) is 0 Å². The fourth-order valence-corrected chi connectivity index (χ4v) is 1.33. The molecule has 0 atom stereocenters. The van der Waals surface area contributed by atoms with E-state index in [1.165, 1.54) is 18.4 Å². The molecule has 0 saturated carbocycles. The van der Waals surface area contributed by atoms with Crippen LogP contribution < -0.4 is 18.9 Å². The van der Waals surface area contributed by atoms with Crippen LogP contribution in [0.4, 0.5) is 0 Å². The quantitative estimate of drug-likeness (QED) is 0.528. The summed E-state index contributed by atoms with van der Waals surface area (Å²) in [4.78, 5) is 1.01. The smallest absolute Gasteiger partial charge is 1.00 e. The van der Waals surface area contributed by atoms with E-state index in [1.807, 2.05) is 12.1 Å². The minimum absolute atomic E-state index is 0. The third kappa shape index (κ3) is 5.78. The Kier molecular flexibility index (Phi) is 11.2. The zero-order chi connectivity index (χ0) is 8.10. The van der Waals surface area contributed by atoms with E-state index < -0.39 is 0 Å². The summed E-state index contributed by atoms with van der Waals surface area (Å²) in [6.45, 7) is 2.20. The van der Waals surface area contributed by atoms with Crippen LogP contribution in [-0.4, -0.2) is 0 Å². The van der Waals surface area contributed by atoms with Crippen LogP contribution in [0.25, 0.3) is 0 Å². The number of unbranched alkanes of at least 4 members (excludes halogenated alkanes) is 1. The van der Waals surface area contributed by atoms with Crippen molar-refractivity contribution in [3.63, 3.8) is 0 Å². The van der Waals surface area contributed by atoms with Gasteiger partial charge in [-0.05, 0) is 12.8 Å². The second-order valence-corrected chi connectivity index (χ2v) is 3.15. The SMILES string of the molecule is CCCCc1ccccc1[S-].[Cu+].[H-].[Li+]. The molecule has 0 bridgehead atoms. The molecule has 0 fully saturated rings. The van der Waals surface area contributed by atoms with Gasteiger partial charge in [-0.25, -0.2) is 0 Å². The second kappa shape index (κ2) is 9.13. The van der Waals surface area contributed by atoms with Gasteiger partial charge in [0.1, 0.15) is 0 Å². The summed E-state index contributed by atoms with van der Waals surface area (Å²) < 4.78 is 0. The summed E-state index contributed by atoms with van der Waals surface area (Å²) in [7, 11) is 0. The first-order valence-electron chi connectivity index (χ1n) is 4.09. The van der Waals surface area contributed by atoms with Crippen LogP contribution in [-0.2, 0) is 36.1 Å². The summed E-state index contributed by atoms with van der Waals surface area (Å²) in [5.74, 6) is 0. The van der Waals surface area contributed by atoms with Gasteiger partial charge < -0.3 is 14.1 Å². The number of benzene rings is 1. The summed E-state index contributed by atoms with van der Waals surface area (Å²) in [6, 6.07) is 8.18. The van der Waals surface area contributed by atoms with Crippen molar-refractivity contribution >= 4 is 12.6 Å². The zero-order valence-electron chi connectivity index (χ0n) is 9.14. The Bertz CT molecular complexity index is 233. The zero-order valence-corrected chi connectivity index (χ0v) is 9.90. The molecule has 3 heteroatoms. The van der Waals surface area contributed by atoms with E-state index in [9.17, 15) is 0 Å². The molecule has 0 N–H and O–H groups in total. The van der Waals surface area contributed by atoms with E-state index in [-0.39, 0.29) is 37.4 Å². The van der Waals surface area contributed by atoms with Crippen molar-refractivity contribution in [2.24, 2.45) is 0 Å². The maximum Gasteiger partial charge on any atom is 1.00 e. The van der Waals surface area contributed by atoms with E-state index in [2.05, 4.69) is 19.1 Å². The van der Waals surface area contributed by atoms with E-state index in [0.29, 0.717) is 0 Å². The van der Waals surface area contributed by atoms with Crippen LogP contribution in [0.3, 0.4) is 0 Å². The average molecular weight is 237 g/mol. The molecule has 0 aliphatic heterocycles. The molecule has 1 aromatic rings. The van der Waals surface area contributed by atoms with E-state index >= 15 is 0 Å². The van der Waals surface area contributed by atoms with Crippen LogP contribution >= 0.6 is 0 Å². The Morgan fingerprint density at radius 3 is 2.46 bits per heavy atom. The molecule has 0 saturated heterocycles. The number of aryl methyl sites for hydroxylation is 1. The van der Waals surface area contributed by atoms with E-state index in [4.69, 9.17) is 12.6 Å². The fourth-order valence-electron chi connectivity index (χ4n) is 1.08. The van der Waals surface area contributed by atoms with Gasteiger partial charge >= 0.3 is 35.9 Å². The van der Waals surface area contributed by atoms with Gasteiger partial charge in [-0.1, -0.05) is 43.2 Å². The molecule has 0 aliphatic rings. The molecule has 0 amide bonds. The minimum atomic E-state index is 0. The number of hydrogen-bond donors (Lipinski definition) is 0. The van der Waals surface area contributed by atoms with Gasteiger partial charge in [0.2, 0.25) is 0 Å². The molecule has 0 heterocycles. The van der Waals surface area contributed by atoms with E-state index in [1.54, 1.807) is 0 Å². The van der Waals surface area contributed by atoms with Crippen molar-refractivity contribution < 1.29 is 37.4 Å². The van der Waals surface area contributed by atoms with Crippen LogP contribution in [0.2, 0.25) is 0 Å². The predicted octanol–water partition coefficient (Wildman–Crippen LogP) is 0.0490.